The number of hydrogen-bond acceptors (Lipinski definition) is 1. The summed E-state index contributed by atoms with van der Waals surface area (Å²) in [5.41, 5.74) is 1.53. The summed E-state index contributed by atoms with van der Waals surface area (Å²) >= 11 is 0. The first-order valence-electron chi connectivity index (χ1n) is 6.94. The van der Waals surface area contributed by atoms with Crippen LogP contribution in [0.5, 0.6) is 0 Å². The summed E-state index contributed by atoms with van der Waals surface area (Å²) in [6.45, 7) is 1.29. The van der Waals surface area contributed by atoms with Crippen molar-refractivity contribution in [1.82, 2.24) is 4.98 Å². The van der Waals surface area contributed by atoms with E-state index >= 15 is 0 Å². The molecule has 0 aliphatic carbocycles. The van der Waals surface area contributed by atoms with E-state index in [1.807, 2.05) is 18.2 Å². The van der Waals surface area contributed by atoms with Crippen LogP contribution in [-0.4, -0.2) is 16.1 Å². The second-order valence-electron chi connectivity index (χ2n) is 5.27. The second kappa shape index (κ2) is 5.68. The fourth-order valence-corrected chi connectivity index (χ4v) is 2.40. The largest absolute Gasteiger partial charge is 0.478 e. The van der Waals surface area contributed by atoms with Crippen LogP contribution < -0.4 is 0 Å². The SMILES string of the molecule is C/C(=C\c1c(F)cc(-c2ccc3[nH]ccc3c2)cc1F)C(=O)O. The van der Waals surface area contributed by atoms with Crippen LogP contribution in [0.1, 0.15) is 12.5 Å². The molecule has 2 N–H and O–H groups in total. The van der Waals surface area contributed by atoms with Crippen molar-refractivity contribution in [3.63, 3.8) is 0 Å². The molecular formula is C18H13F2NO2. The lowest BCUT2D eigenvalue weighted by atomic mass is 10.0. The first-order valence-corrected chi connectivity index (χ1v) is 6.94. The molecule has 3 nitrogen and oxygen atoms in total. The van der Waals surface area contributed by atoms with E-state index in [1.165, 1.54) is 19.1 Å². The van der Waals surface area contributed by atoms with Crippen LogP contribution in [0, 0.1) is 11.6 Å². The molecule has 116 valence electrons. The third-order valence-corrected chi connectivity index (χ3v) is 3.66. The number of H-pyrrole nitrogens is 1. The Morgan fingerprint density at radius 2 is 1.78 bits per heavy atom. The molecule has 0 radical (unpaired) electrons. The lowest BCUT2D eigenvalue weighted by Gasteiger charge is -2.07. The fraction of sp³-hybridized carbons (Fsp3) is 0.0556. The van der Waals surface area contributed by atoms with Gasteiger partial charge in [0.25, 0.3) is 0 Å². The second-order valence-corrected chi connectivity index (χ2v) is 5.27. The Morgan fingerprint density at radius 1 is 1.09 bits per heavy atom. The van der Waals surface area contributed by atoms with Gasteiger partial charge in [-0.05, 0) is 59.8 Å². The Labute approximate surface area is 130 Å². The molecule has 1 aromatic heterocycles. The Bertz CT molecular complexity index is 918. The first-order chi connectivity index (χ1) is 11.0. The van der Waals surface area contributed by atoms with Gasteiger partial charge in [0.05, 0.1) is 0 Å². The maximum absolute atomic E-state index is 14.2. The van der Waals surface area contributed by atoms with Gasteiger partial charge in [-0.25, -0.2) is 13.6 Å². The average molecular weight is 313 g/mol. The Hall–Kier alpha value is -2.95. The zero-order valence-electron chi connectivity index (χ0n) is 12.2. The number of carboxylic acids is 1. The Balaban J connectivity index is 2.08. The molecule has 0 amide bonds. The van der Waals surface area contributed by atoms with Gasteiger partial charge in [-0.1, -0.05) is 6.07 Å². The molecule has 0 aliphatic rings. The molecule has 1 heterocycles. The molecule has 0 unspecified atom stereocenters. The van der Waals surface area contributed by atoms with E-state index in [0.717, 1.165) is 17.0 Å². The van der Waals surface area contributed by atoms with E-state index in [4.69, 9.17) is 5.11 Å². The van der Waals surface area contributed by atoms with Gasteiger partial charge in [0.2, 0.25) is 0 Å². The van der Waals surface area contributed by atoms with Gasteiger partial charge in [-0.15, -0.1) is 0 Å². The summed E-state index contributed by atoms with van der Waals surface area (Å²) in [6, 6.07) is 9.72. The maximum Gasteiger partial charge on any atom is 0.331 e. The van der Waals surface area contributed by atoms with Crippen molar-refractivity contribution in [3.05, 3.63) is 65.4 Å². The number of carbonyl (C=O) groups is 1. The van der Waals surface area contributed by atoms with Crippen LogP contribution in [0.3, 0.4) is 0 Å². The monoisotopic (exact) mass is 313 g/mol. The predicted octanol–water partition coefficient (Wildman–Crippen LogP) is 4.60. The molecule has 3 rings (SSSR count). The molecule has 23 heavy (non-hydrogen) atoms. The fourth-order valence-electron chi connectivity index (χ4n) is 2.40. The highest BCUT2D eigenvalue weighted by Crippen LogP contribution is 2.28. The highest BCUT2D eigenvalue weighted by molar-refractivity contribution is 5.91. The standard InChI is InChI=1S/C18H13F2NO2/c1-10(18(22)23)6-14-15(19)8-13(9-16(14)20)11-2-3-17-12(7-11)4-5-21-17/h2-9,21H,1H3,(H,22,23)/b10-6+. The number of halogens is 2. The summed E-state index contributed by atoms with van der Waals surface area (Å²) in [4.78, 5) is 13.8. The molecule has 3 aromatic rings. The molecule has 0 aliphatic heterocycles. The van der Waals surface area contributed by atoms with E-state index < -0.39 is 17.6 Å². The molecule has 0 atom stereocenters. The first kappa shape index (κ1) is 15.0. The number of aromatic nitrogens is 1. The maximum atomic E-state index is 14.2. The number of aliphatic carboxylic acids is 1. The van der Waals surface area contributed by atoms with Crippen molar-refractivity contribution in [3.8, 4) is 11.1 Å². The average Bonchev–Trinajstić information content (AvgIpc) is 2.97. The summed E-state index contributed by atoms with van der Waals surface area (Å²) in [5, 5.41) is 9.76. The lowest BCUT2D eigenvalue weighted by Crippen LogP contribution is -1.98. The molecule has 0 bridgehead atoms. The summed E-state index contributed by atoms with van der Waals surface area (Å²) < 4.78 is 28.4. The molecular weight excluding hydrogens is 300 g/mol. The van der Waals surface area contributed by atoms with Gasteiger partial charge in [-0.2, -0.15) is 0 Å². The molecule has 0 saturated carbocycles. The van der Waals surface area contributed by atoms with Crippen molar-refractivity contribution in [1.29, 1.82) is 0 Å². The Kier molecular flexibility index (Phi) is 3.70. The third-order valence-electron chi connectivity index (χ3n) is 3.66. The number of rotatable bonds is 3. The number of aromatic amines is 1. The minimum atomic E-state index is -1.22. The van der Waals surface area contributed by atoms with Gasteiger partial charge in [0.15, 0.2) is 0 Å². The van der Waals surface area contributed by atoms with Crippen LogP contribution in [0.2, 0.25) is 0 Å². The predicted molar refractivity (Wildman–Crippen MR) is 84.9 cm³/mol. The van der Waals surface area contributed by atoms with Gasteiger partial charge in [0, 0.05) is 22.9 Å². The molecule has 2 aromatic carbocycles. The van der Waals surface area contributed by atoms with Crippen LogP contribution in [0.15, 0.2) is 48.2 Å². The van der Waals surface area contributed by atoms with Crippen LogP contribution in [-0.2, 0) is 4.79 Å². The number of carboxylic acid groups (broad SMARTS) is 1. The summed E-state index contributed by atoms with van der Waals surface area (Å²) in [5.74, 6) is -2.81. The third kappa shape index (κ3) is 2.85. The number of nitrogens with one attached hydrogen (secondary N) is 1. The van der Waals surface area contributed by atoms with Crippen LogP contribution in [0.4, 0.5) is 8.78 Å². The van der Waals surface area contributed by atoms with Gasteiger partial charge < -0.3 is 10.1 Å². The highest BCUT2D eigenvalue weighted by Gasteiger charge is 2.12. The zero-order valence-corrected chi connectivity index (χ0v) is 12.2. The zero-order chi connectivity index (χ0) is 16.6. The van der Waals surface area contributed by atoms with E-state index in [0.29, 0.717) is 11.1 Å². The van der Waals surface area contributed by atoms with Crippen molar-refractivity contribution in [2.45, 2.75) is 6.92 Å². The highest BCUT2D eigenvalue weighted by atomic mass is 19.1. The van der Waals surface area contributed by atoms with Crippen LogP contribution in [0.25, 0.3) is 28.1 Å². The lowest BCUT2D eigenvalue weighted by molar-refractivity contribution is -0.132. The topological polar surface area (TPSA) is 53.1 Å². The van der Waals surface area contributed by atoms with E-state index in [2.05, 4.69) is 4.98 Å². The normalized spacial score (nSPS) is 11.9. The number of benzene rings is 2. The minimum absolute atomic E-state index is 0.135. The molecule has 0 spiro atoms. The van der Waals surface area contributed by atoms with Crippen molar-refractivity contribution in [2.24, 2.45) is 0 Å². The number of fused-ring (bicyclic) bond motifs is 1. The summed E-state index contributed by atoms with van der Waals surface area (Å²) in [7, 11) is 0. The number of hydrogen-bond donors (Lipinski definition) is 2. The van der Waals surface area contributed by atoms with Gasteiger partial charge >= 0.3 is 5.97 Å². The van der Waals surface area contributed by atoms with E-state index in [1.54, 1.807) is 12.3 Å². The summed E-state index contributed by atoms with van der Waals surface area (Å²) in [6.07, 6.45) is 2.78. The minimum Gasteiger partial charge on any atom is -0.478 e. The van der Waals surface area contributed by atoms with Gasteiger partial charge in [-0.3, -0.25) is 0 Å². The van der Waals surface area contributed by atoms with Gasteiger partial charge in [0.1, 0.15) is 11.6 Å². The Morgan fingerprint density at radius 3 is 2.43 bits per heavy atom. The van der Waals surface area contributed by atoms with Crippen molar-refractivity contribution >= 4 is 22.9 Å². The van der Waals surface area contributed by atoms with Crippen LogP contribution >= 0.6 is 0 Å². The smallest absolute Gasteiger partial charge is 0.331 e. The molecule has 0 fully saturated rings. The quantitative estimate of drug-likeness (QED) is 0.694. The van der Waals surface area contributed by atoms with Crippen molar-refractivity contribution < 1.29 is 18.7 Å². The molecule has 0 saturated heterocycles. The van der Waals surface area contributed by atoms with E-state index in [9.17, 15) is 13.6 Å². The van der Waals surface area contributed by atoms with Crippen molar-refractivity contribution in [2.75, 3.05) is 0 Å². The molecule has 5 heteroatoms. The van der Waals surface area contributed by atoms with E-state index in [-0.39, 0.29) is 11.1 Å².